The number of nitrogen functional groups attached to an aromatic ring is 1. The number of nitrogens with two attached hydrogens (primary N) is 1. The van der Waals surface area contributed by atoms with Crippen LogP contribution in [-0.4, -0.2) is 34.2 Å². The first-order valence-electron chi connectivity index (χ1n) is 8.47. The van der Waals surface area contributed by atoms with Crippen molar-refractivity contribution in [2.45, 2.75) is 13.3 Å². The number of anilines is 1. The quantitative estimate of drug-likeness (QED) is 0.429. The van der Waals surface area contributed by atoms with Gasteiger partial charge in [0.25, 0.3) is 0 Å². The fourth-order valence-corrected chi connectivity index (χ4v) is 2.77. The maximum Gasteiger partial charge on any atom is 0.189 e. The molecule has 0 amide bonds. The highest BCUT2D eigenvalue weighted by Crippen LogP contribution is 2.37. The summed E-state index contributed by atoms with van der Waals surface area (Å²) in [7, 11) is 6.21. The van der Waals surface area contributed by atoms with Gasteiger partial charge >= 0.3 is 0 Å². The Kier molecular flexibility index (Phi) is 6.71. The summed E-state index contributed by atoms with van der Waals surface area (Å²) in [6.07, 6.45) is 2.32. The number of rotatable bonds is 8. The van der Waals surface area contributed by atoms with Crippen molar-refractivity contribution < 1.29 is 23.7 Å². The lowest BCUT2D eigenvalue weighted by atomic mass is 9.98. The molecule has 144 valence electrons. The molecule has 2 aromatic rings. The second-order valence-electron chi connectivity index (χ2n) is 5.76. The number of ether oxygens (including phenoxy) is 4. The summed E-state index contributed by atoms with van der Waals surface area (Å²) >= 11 is 0. The van der Waals surface area contributed by atoms with E-state index in [1.54, 1.807) is 57.7 Å². The summed E-state index contributed by atoms with van der Waals surface area (Å²) in [5.41, 5.74) is 8.15. The largest absolute Gasteiger partial charge is 0.497 e. The zero-order chi connectivity index (χ0) is 20.0. The number of allylic oxidation sites excluding steroid dienone is 1. The van der Waals surface area contributed by atoms with Crippen molar-refractivity contribution in [3.05, 3.63) is 47.0 Å². The van der Waals surface area contributed by atoms with Gasteiger partial charge in [0.05, 0.1) is 34.1 Å². The van der Waals surface area contributed by atoms with Crippen LogP contribution < -0.4 is 24.7 Å². The van der Waals surface area contributed by atoms with Crippen molar-refractivity contribution in [1.29, 1.82) is 0 Å². The number of carbonyl (C=O) groups is 1. The van der Waals surface area contributed by atoms with Crippen molar-refractivity contribution in [2.75, 3.05) is 34.2 Å². The highest BCUT2D eigenvalue weighted by Gasteiger charge is 2.16. The molecule has 0 aliphatic heterocycles. The van der Waals surface area contributed by atoms with Crippen LogP contribution in [-0.2, 0) is 0 Å². The molecule has 2 N–H and O–H groups in total. The molecule has 0 saturated heterocycles. The number of hydrogen-bond donors (Lipinski definition) is 1. The Morgan fingerprint density at radius 1 is 0.963 bits per heavy atom. The van der Waals surface area contributed by atoms with E-state index in [2.05, 4.69) is 0 Å². The minimum absolute atomic E-state index is 0.115. The van der Waals surface area contributed by atoms with E-state index >= 15 is 0 Å². The third-order valence-electron chi connectivity index (χ3n) is 4.21. The van der Waals surface area contributed by atoms with Crippen LogP contribution in [0.5, 0.6) is 23.0 Å². The number of ketones is 1. The van der Waals surface area contributed by atoms with E-state index in [0.717, 1.165) is 0 Å². The predicted octanol–water partition coefficient (Wildman–Crippen LogP) is 3.98. The van der Waals surface area contributed by atoms with E-state index in [4.69, 9.17) is 24.7 Å². The van der Waals surface area contributed by atoms with Crippen molar-refractivity contribution in [1.82, 2.24) is 0 Å². The van der Waals surface area contributed by atoms with Crippen LogP contribution in [0, 0.1) is 0 Å². The fourth-order valence-electron chi connectivity index (χ4n) is 2.77. The van der Waals surface area contributed by atoms with E-state index in [-0.39, 0.29) is 5.78 Å². The normalized spacial score (nSPS) is 11.1. The minimum atomic E-state index is -0.115. The van der Waals surface area contributed by atoms with Gasteiger partial charge < -0.3 is 24.7 Å². The molecule has 2 rings (SSSR count). The number of benzene rings is 2. The van der Waals surface area contributed by atoms with Gasteiger partial charge in [-0.3, -0.25) is 4.79 Å². The van der Waals surface area contributed by atoms with Crippen LogP contribution in [0.3, 0.4) is 0 Å². The van der Waals surface area contributed by atoms with Crippen LogP contribution in [0.1, 0.15) is 29.3 Å². The number of Topliss-reactive ketones (excluding diaryl/α,β-unsaturated/α-hetero) is 1. The second kappa shape index (κ2) is 8.98. The van der Waals surface area contributed by atoms with E-state index in [1.807, 2.05) is 6.92 Å². The molecule has 6 heteroatoms. The lowest BCUT2D eigenvalue weighted by Crippen LogP contribution is -2.05. The van der Waals surface area contributed by atoms with E-state index in [0.29, 0.717) is 51.8 Å². The summed E-state index contributed by atoms with van der Waals surface area (Å²) in [6, 6.07) is 8.53. The Morgan fingerprint density at radius 3 is 2.19 bits per heavy atom. The third kappa shape index (κ3) is 4.34. The van der Waals surface area contributed by atoms with Gasteiger partial charge in [-0.05, 0) is 36.8 Å². The predicted molar refractivity (Wildman–Crippen MR) is 106 cm³/mol. The number of carbonyl (C=O) groups excluding carboxylic acids is 1. The molecule has 0 aliphatic carbocycles. The first-order chi connectivity index (χ1) is 13.0. The smallest absolute Gasteiger partial charge is 0.189 e. The highest BCUT2D eigenvalue weighted by molar-refractivity contribution is 6.12. The average molecular weight is 371 g/mol. The van der Waals surface area contributed by atoms with Gasteiger partial charge in [-0.15, -0.1) is 0 Å². The summed E-state index contributed by atoms with van der Waals surface area (Å²) in [5.74, 6) is 2.09. The Balaban J connectivity index is 2.52. The average Bonchev–Trinajstić information content (AvgIpc) is 2.70. The van der Waals surface area contributed by atoms with Crippen molar-refractivity contribution >= 4 is 17.5 Å². The Bertz CT molecular complexity index is 858. The van der Waals surface area contributed by atoms with Gasteiger partial charge in [-0.1, -0.05) is 6.92 Å². The fraction of sp³-hybridized carbons (Fsp3) is 0.286. The standard InChI is InChI=1S/C21H25NO5/c1-6-13(20(23)14-7-8-18(25-3)17(22)11-14)9-15-10-16(24-2)12-19(26-4)21(15)27-5/h7-12H,6,22H2,1-5H3/b13-9+. The molecule has 2 aromatic carbocycles. The molecule has 27 heavy (non-hydrogen) atoms. The zero-order valence-corrected chi connectivity index (χ0v) is 16.3. The molecule has 0 aliphatic rings. The summed E-state index contributed by atoms with van der Waals surface area (Å²) in [4.78, 5) is 13.0. The summed E-state index contributed by atoms with van der Waals surface area (Å²) < 4.78 is 21.3. The van der Waals surface area contributed by atoms with Gasteiger partial charge in [0.15, 0.2) is 17.3 Å². The molecule has 0 radical (unpaired) electrons. The van der Waals surface area contributed by atoms with E-state index < -0.39 is 0 Å². The van der Waals surface area contributed by atoms with Gasteiger partial charge in [0.2, 0.25) is 0 Å². The molecule has 6 nitrogen and oxygen atoms in total. The maximum atomic E-state index is 13.0. The highest BCUT2D eigenvalue weighted by atomic mass is 16.5. The molecule has 0 atom stereocenters. The monoisotopic (exact) mass is 371 g/mol. The molecular weight excluding hydrogens is 346 g/mol. The first kappa shape index (κ1) is 20.2. The van der Waals surface area contributed by atoms with Gasteiger partial charge in [0.1, 0.15) is 11.5 Å². The van der Waals surface area contributed by atoms with Gasteiger partial charge in [-0.2, -0.15) is 0 Å². The second-order valence-corrected chi connectivity index (χ2v) is 5.76. The SMILES string of the molecule is CC/C(=C\c1cc(OC)cc(OC)c1OC)C(=O)c1ccc(OC)c(N)c1. The first-order valence-corrected chi connectivity index (χ1v) is 8.47. The molecule has 0 heterocycles. The van der Waals surface area contributed by atoms with Crippen LogP contribution in [0.2, 0.25) is 0 Å². The van der Waals surface area contributed by atoms with E-state index in [1.165, 1.54) is 7.11 Å². The minimum Gasteiger partial charge on any atom is -0.497 e. The molecule has 0 saturated carbocycles. The Morgan fingerprint density at radius 2 is 1.67 bits per heavy atom. The molecular formula is C21H25NO5. The molecule has 0 aromatic heterocycles. The van der Waals surface area contributed by atoms with Crippen LogP contribution in [0.25, 0.3) is 6.08 Å². The number of hydrogen-bond acceptors (Lipinski definition) is 6. The van der Waals surface area contributed by atoms with Crippen LogP contribution >= 0.6 is 0 Å². The Hall–Kier alpha value is -3.15. The maximum absolute atomic E-state index is 13.0. The zero-order valence-electron chi connectivity index (χ0n) is 16.3. The van der Waals surface area contributed by atoms with Crippen LogP contribution in [0.4, 0.5) is 5.69 Å². The molecule has 0 spiro atoms. The van der Waals surface area contributed by atoms with E-state index in [9.17, 15) is 4.79 Å². The topological polar surface area (TPSA) is 80.0 Å². The van der Waals surface area contributed by atoms with Crippen LogP contribution in [0.15, 0.2) is 35.9 Å². The Labute approximate surface area is 159 Å². The summed E-state index contributed by atoms with van der Waals surface area (Å²) in [5, 5.41) is 0. The molecule has 0 unspecified atom stereocenters. The summed E-state index contributed by atoms with van der Waals surface area (Å²) in [6.45, 7) is 1.92. The van der Waals surface area contributed by atoms with Crippen molar-refractivity contribution in [3.63, 3.8) is 0 Å². The van der Waals surface area contributed by atoms with Crippen molar-refractivity contribution in [2.24, 2.45) is 0 Å². The van der Waals surface area contributed by atoms with Crippen molar-refractivity contribution in [3.8, 4) is 23.0 Å². The lowest BCUT2D eigenvalue weighted by Gasteiger charge is -2.14. The molecule has 0 bridgehead atoms. The molecule has 0 fully saturated rings. The number of methoxy groups -OCH3 is 4. The van der Waals surface area contributed by atoms with Gasteiger partial charge in [0, 0.05) is 22.8 Å². The third-order valence-corrected chi connectivity index (χ3v) is 4.21. The van der Waals surface area contributed by atoms with Gasteiger partial charge in [-0.25, -0.2) is 0 Å². The lowest BCUT2D eigenvalue weighted by molar-refractivity contribution is 0.103.